The van der Waals surface area contributed by atoms with Crippen molar-refractivity contribution in [3.05, 3.63) is 67.8 Å². The monoisotopic (exact) mass is 525 g/mol. The number of carbonyl (C=O) groups excluding carboxylic acids is 2. The second-order valence-corrected chi connectivity index (χ2v) is 9.03. The minimum atomic E-state index is -0.453. The van der Waals surface area contributed by atoms with Crippen LogP contribution in [0.4, 0.5) is 11.4 Å². The summed E-state index contributed by atoms with van der Waals surface area (Å²) in [4.78, 5) is 50.7. The van der Waals surface area contributed by atoms with Crippen molar-refractivity contribution in [1.29, 1.82) is 5.26 Å². The van der Waals surface area contributed by atoms with Crippen molar-refractivity contribution in [2.45, 2.75) is 39.8 Å². The zero-order valence-electron chi connectivity index (χ0n) is 20.8. The van der Waals surface area contributed by atoms with Crippen LogP contribution < -0.4 is 21.9 Å². The molecule has 3 rings (SSSR count). The number of halogens is 1. The number of nitrogens with zero attached hydrogens (tertiary/aromatic N) is 3. The molecule has 3 aromatic rings. The molecule has 0 bridgehead atoms. The molecule has 0 aliphatic rings. The largest absolute Gasteiger partial charge is 0.383 e. The second kappa shape index (κ2) is 12.3. The number of nitrogens with one attached hydrogen (secondary N) is 2. The predicted octanol–water partition coefficient (Wildman–Crippen LogP) is 3.35. The van der Waals surface area contributed by atoms with Crippen LogP contribution in [0.15, 0.2) is 46.0 Å². The first kappa shape index (κ1) is 27.6. The lowest BCUT2D eigenvalue weighted by atomic mass is 10.0. The average molecular weight is 526 g/mol. The molecule has 1 aromatic heterocycles. The summed E-state index contributed by atoms with van der Waals surface area (Å²) in [7, 11) is 1.49. The fourth-order valence-corrected chi connectivity index (χ4v) is 4.22. The molecule has 0 saturated carbocycles. The van der Waals surface area contributed by atoms with Gasteiger partial charge in [-0.1, -0.05) is 18.5 Å². The van der Waals surface area contributed by atoms with Gasteiger partial charge >= 0.3 is 5.69 Å². The maximum absolute atomic E-state index is 13.0. The normalized spacial score (nSPS) is 11.6. The van der Waals surface area contributed by atoms with Gasteiger partial charge in [-0.05, 0) is 49.2 Å². The minimum Gasteiger partial charge on any atom is -0.383 e. The highest BCUT2D eigenvalue weighted by Gasteiger charge is 2.16. The van der Waals surface area contributed by atoms with Crippen LogP contribution in [0, 0.1) is 17.2 Å². The summed E-state index contributed by atoms with van der Waals surface area (Å²) in [6.07, 6.45) is 0.169. The maximum Gasteiger partial charge on any atom is 0.331 e. The molecular weight excluding hydrogens is 498 g/mol. The molecule has 1 heterocycles. The summed E-state index contributed by atoms with van der Waals surface area (Å²) in [5, 5.41) is 15.0. The number of methoxy groups -OCH3 is 1. The van der Waals surface area contributed by atoms with Crippen LogP contribution in [-0.2, 0) is 27.4 Å². The number of aromatic nitrogens is 2. The molecule has 1 unspecified atom stereocenters. The molecule has 2 aromatic carbocycles. The Kier molecular flexibility index (Phi) is 9.22. The Hall–Kier alpha value is -3.94. The molecule has 0 aliphatic carbocycles. The quantitative estimate of drug-likeness (QED) is 0.416. The maximum atomic E-state index is 13.0. The molecule has 0 fully saturated rings. The average Bonchev–Trinajstić information content (AvgIpc) is 2.84. The molecule has 10 nitrogen and oxygen atoms in total. The highest BCUT2D eigenvalue weighted by atomic mass is 35.5. The molecule has 0 spiro atoms. The molecule has 194 valence electrons. The highest BCUT2D eigenvalue weighted by Crippen LogP contribution is 2.21. The van der Waals surface area contributed by atoms with E-state index in [2.05, 4.69) is 10.6 Å². The number of benzene rings is 2. The smallest absolute Gasteiger partial charge is 0.331 e. The van der Waals surface area contributed by atoms with Crippen molar-refractivity contribution < 1.29 is 14.3 Å². The summed E-state index contributed by atoms with van der Waals surface area (Å²) in [5.41, 5.74) is 0.805. The van der Waals surface area contributed by atoms with Gasteiger partial charge < -0.3 is 15.4 Å². The predicted molar refractivity (Wildman–Crippen MR) is 142 cm³/mol. The van der Waals surface area contributed by atoms with E-state index in [9.17, 15) is 19.2 Å². The molecule has 11 heteroatoms. The molecule has 0 radical (unpaired) electrons. The Balaban J connectivity index is 1.68. The van der Waals surface area contributed by atoms with E-state index in [1.54, 1.807) is 31.2 Å². The van der Waals surface area contributed by atoms with E-state index >= 15 is 0 Å². The highest BCUT2D eigenvalue weighted by molar-refractivity contribution is 6.32. The lowest BCUT2D eigenvalue weighted by Gasteiger charge is -2.15. The van der Waals surface area contributed by atoms with Gasteiger partial charge in [-0.25, -0.2) is 4.79 Å². The zero-order valence-corrected chi connectivity index (χ0v) is 21.6. The van der Waals surface area contributed by atoms with Crippen molar-refractivity contribution in [1.82, 2.24) is 9.13 Å². The number of aryl methyl sites for hydroxylation is 1. The Labute approximate surface area is 218 Å². The van der Waals surface area contributed by atoms with E-state index < -0.39 is 11.2 Å². The van der Waals surface area contributed by atoms with Crippen molar-refractivity contribution in [3.63, 3.8) is 0 Å². The number of ether oxygens (including phenoxy) is 1. The third kappa shape index (κ3) is 6.64. The van der Waals surface area contributed by atoms with Gasteiger partial charge in [0.25, 0.3) is 5.56 Å². The number of hydrogen-bond donors (Lipinski definition) is 2. The summed E-state index contributed by atoms with van der Waals surface area (Å²) in [6, 6.07) is 11.4. The topological polar surface area (TPSA) is 135 Å². The number of rotatable bonds is 10. The SMILES string of the molecule is CCn1c(=O)n(CCOC)c(=O)c2cc(NC(=O)CC(C)CC(=O)Nc3ccc(C#N)c(Cl)c3)ccc21. The van der Waals surface area contributed by atoms with Gasteiger partial charge in [0.15, 0.2) is 0 Å². The first-order valence-corrected chi connectivity index (χ1v) is 12.1. The summed E-state index contributed by atoms with van der Waals surface area (Å²) in [6.45, 7) is 4.30. The van der Waals surface area contributed by atoms with Crippen molar-refractivity contribution in [2.75, 3.05) is 24.4 Å². The van der Waals surface area contributed by atoms with Crippen LogP contribution in [0.5, 0.6) is 0 Å². The fraction of sp³-hybridized carbons (Fsp3) is 0.346. The van der Waals surface area contributed by atoms with Crippen LogP contribution in [0.25, 0.3) is 10.9 Å². The molecule has 2 N–H and O–H groups in total. The van der Waals surface area contributed by atoms with E-state index in [1.165, 1.54) is 23.8 Å². The number of hydrogen-bond acceptors (Lipinski definition) is 6. The molecule has 0 saturated heterocycles. The van der Waals surface area contributed by atoms with Crippen LogP contribution in [0.3, 0.4) is 0 Å². The van der Waals surface area contributed by atoms with Gasteiger partial charge in [0.2, 0.25) is 11.8 Å². The minimum absolute atomic E-state index is 0.0755. The Bertz CT molecular complexity index is 1490. The van der Waals surface area contributed by atoms with Gasteiger partial charge in [0.1, 0.15) is 6.07 Å². The van der Waals surface area contributed by atoms with Gasteiger partial charge in [-0.2, -0.15) is 5.26 Å². The Morgan fingerprint density at radius 2 is 1.68 bits per heavy atom. The zero-order chi connectivity index (χ0) is 27.1. The summed E-state index contributed by atoms with van der Waals surface area (Å²) in [5.74, 6) is -0.878. The summed E-state index contributed by atoms with van der Waals surface area (Å²) < 4.78 is 7.65. The van der Waals surface area contributed by atoms with Crippen LogP contribution in [-0.4, -0.2) is 34.7 Å². The lowest BCUT2D eigenvalue weighted by Crippen LogP contribution is -2.40. The molecule has 37 heavy (non-hydrogen) atoms. The number of carbonyl (C=O) groups is 2. The third-order valence-corrected chi connectivity index (χ3v) is 6.10. The Morgan fingerprint density at radius 3 is 2.24 bits per heavy atom. The Morgan fingerprint density at radius 1 is 1.05 bits per heavy atom. The number of anilines is 2. The van der Waals surface area contributed by atoms with Crippen LogP contribution in [0.2, 0.25) is 5.02 Å². The van der Waals surface area contributed by atoms with E-state index in [0.29, 0.717) is 34.4 Å². The van der Waals surface area contributed by atoms with E-state index in [0.717, 1.165) is 4.57 Å². The second-order valence-electron chi connectivity index (χ2n) is 8.62. The third-order valence-electron chi connectivity index (χ3n) is 5.78. The van der Waals surface area contributed by atoms with Crippen molar-refractivity contribution in [2.24, 2.45) is 5.92 Å². The number of amides is 2. The van der Waals surface area contributed by atoms with E-state index in [1.807, 2.05) is 13.0 Å². The summed E-state index contributed by atoms with van der Waals surface area (Å²) >= 11 is 6.00. The van der Waals surface area contributed by atoms with Gasteiger partial charge in [0.05, 0.1) is 34.6 Å². The molecule has 1 atom stereocenters. The lowest BCUT2D eigenvalue weighted by molar-refractivity contribution is -0.118. The van der Waals surface area contributed by atoms with Gasteiger partial charge in [-0.15, -0.1) is 0 Å². The molecule has 2 amide bonds. The fourth-order valence-electron chi connectivity index (χ4n) is 4.00. The standard InChI is InChI=1S/C26H28ClN5O5/c1-4-31-22-8-7-18(13-20(22)25(35)32(26(31)36)9-10-37-3)29-23(33)11-16(2)12-24(34)30-19-6-5-17(15-28)21(27)14-19/h5-8,13-14,16H,4,9-12H2,1-3H3,(H,29,33)(H,30,34). The first-order chi connectivity index (χ1) is 17.7. The molecular formula is C26H28ClN5O5. The van der Waals surface area contributed by atoms with Crippen LogP contribution in [0.1, 0.15) is 32.3 Å². The van der Waals surface area contributed by atoms with Crippen molar-refractivity contribution >= 4 is 45.7 Å². The van der Waals surface area contributed by atoms with Gasteiger partial charge in [-0.3, -0.25) is 23.5 Å². The van der Waals surface area contributed by atoms with E-state index in [-0.39, 0.29) is 48.7 Å². The number of nitriles is 1. The first-order valence-electron chi connectivity index (χ1n) is 11.7. The van der Waals surface area contributed by atoms with E-state index in [4.69, 9.17) is 21.6 Å². The molecule has 0 aliphatic heterocycles. The van der Waals surface area contributed by atoms with Crippen LogP contribution >= 0.6 is 11.6 Å². The number of fused-ring (bicyclic) bond motifs is 1. The van der Waals surface area contributed by atoms with Crippen molar-refractivity contribution in [3.8, 4) is 6.07 Å². The van der Waals surface area contributed by atoms with Gasteiger partial charge in [0, 0.05) is 37.9 Å².